The van der Waals surface area contributed by atoms with Crippen LogP contribution >= 0.6 is 0 Å². The number of carbonyl (C=O) groups is 2. The van der Waals surface area contributed by atoms with Crippen molar-refractivity contribution < 1.29 is 18.0 Å². The number of rotatable bonds is 4. The highest BCUT2D eigenvalue weighted by Crippen LogP contribution is 2.35. The molecule has 1 aromatic heterocycles. The first-order chi connectivity index (χ1) is 17.2. The van der Waals surface area contributed by atoms with Gasteiger partial charge in [-0.05, 0) is 49.5 Å². The number of hydrogen-bond acceptors (Lipinski definition) is 5. The average Bonchev–Trinajstić information content (AvgIpc) is 3.45. The molecule has 1 saturated heterocycles. The van der Waals surface area contributed by atoms with E-state index >= 15 is 0 Å². The summed E-state index contributed by atoms with van der Waals surface area (Å²) in [7, 11) is -0.310. The Balaban J connectivity index is 1.30. The molecule has 5 rings (SSSR count). The number of carbonyl (C=O) groups excluding carboxylic acids is 2. The zero-order chi connectivity index (χ0) is 25.5. The molecule has 36 heavy (non-hydrogen) atoms. The van der Waals surface area contributed by atoms with Crippen LogP contribution in [0.25, 0.3) is 17.0 Å². The molecule has 0 unspecified atom stereocenters. The molecule has 9 nitrogen and oxygen atoms in total. The fraction of sp³-hybridized carbons (Fsp3) is 0.500. The van der Waals surface area contributed by atoms with Gasteiger partial charge in [-0.25, -0.2) is 13.2 Å². The number of piperidine rings is 1. The number of sulfonamides is 1. The van der Waals surface area contributed by atoms with Crippen LogP contribution in [0.4, 0.5) is 4.79 Å². The van der Waals surface area contributed by atoms with Gasteiger partial charge < -0.3 is 10.2 Å². The Morgan fingerprint density at radius 3 is 2.56 bits per heavy atom. The van der Waals surface area contributed by atoms with Gasteiger partial charge in [0.15, 0.2) is 0 Å². The zero-order valence-electron chi connectivity index (χ0n) is 20.8. The normalized spacial score (nSPS) is 21.3. The molecule has 1 aromatic carbocycles. The van der Waals surface area contributed by atoms with Crippen LogP contribution in [0, 0.1) is 5.92 Å². The third kappa shape index (κ3) is 4.48. The predicted octanol–water partition coefficient (Wildman–Crippen LogP) is 3.41. The Morgan fingerprint density at radius 2 is 1.86 bits per heavy atom. The maximum absolute atomic E-state index is 13.1. The number of fused-ring (bicyclic) bond motifs is 1. The molecule has 10 heteroatoms. The summed E-state index contributed by atoms with van der Waals surface area (Å²) in [5.74, 6) is 1.04. The Bertz CT molecular complexity index is 1340. The first-order valence-corrected chi connectivity index (χ1v) is 14.1. The smallest absolute Gasteiger partial charge is 0.328 e. The van der Waals surface area contributed by atoms with E-state index in [0.717, 1.165) is 36.9 Å². The van der Waals surface area contributed by atoms with Crippen molar-refractivity contribution in [2.75, 3.05) is 27.2 Å². The molecule has 1 N–H and O–H groups in total. The molecule has 3 heterocycles. The van der Waals surface area contributed by atoms with Gasteiger partial charge in [0.05, 0.1) is 5.52 Å². The summed E-state index contributed by atoms with van der Waals surface area (Å²) < 4.78 is 29.2. The van der Waals surface area contributed by atoms with Crippen LogP contribution < -0.4 is 5.32 Å². The van der Waals surface area contributed by atoms with E-state index in [1.54, 1.807) is 37.0 Å². The number of nitrogens with one attached hydrogen (secondary N) is 1. The van der Waals surface area contributed by atoms with E-state index in [4.69, 9.17) is 4.99 Å². The summed E-state index contributed by atoms with van der Waals surface area (Å²) >= 11 is 0. The van der Waals surface area contributed by atoms with Gasteiger partial charge in [-0.15, -0.1) is 0 Å². The van der Waals surface area contributed by atoms with Crippen LogP contribution in [0.2, 0.25) is 0 Å². The molecule has 192 valence electrons. The highest BCUT2D eigenvalue weighted by molar-refractivity contribution is 7.92. The molecule has 0 radical (unpaired) electrons. The highest BCUT2D eigenvalue weighted by Gasteiger charge is 2.48. The Morgan fingerprint density at radius 1 is 1.14 bits per heavy atom. The van der Waals surface area contributed by atoms with Crippen LogP contribution in [0.5, 0.6) is 0 Å². The van der Waals surface area contributed by atoms with Crippen molar-refractivity contribution in [1.29, 1.82) is 0 Å². The number of amides is 2. The molecular formula is C26H33N5O4S. The molecule has 1 spiro atoms. The van der Waals surface area contributed by atoms with Gasteiger partial charge in [0.25, 0.3) is 5.91 Å². The van der Waals surface area contributed by atoms with E-state index in [-0.39, 0.29) is 25.0 Å². The van der Waals surface area contributed by atoms with Crippen LogP contribution in [0.3, 0.4) is 0 Å². The molecule has 1 aliphatic carbocycles. The number of aromatic nitrogens is 1. The molecule has 2 fully saturated rings. The number of hydrogen-bond donors (Lipinski definition) is 1. The van der Waals surface area contributed by atoms with E-state index in [1.807, 2.05) is 18.2 Å². The van der Waals surface area contributed by atoms with Crippen molar-refractivity contribution in [2.45, 2.75) is 50.5 Å². The topological polar surface area (TPSA) is 104 Å². The van der Waals surface area contributed by atoms with Crippen LogP contribution in [0.15, 0.2) is 40.9 Å². The predicted molar refractivity (Wildman–Crippen MR) is 140 cm³/mol. The summed E-state index contributed by atoms with van der Waals surface area (Å²) in [6.07, 6.45) is 9.70. The van der Waals surface area contributed by atoms with Crippen molar-refractivity contribution in [3.05, 3.63) is 41.4 Å². The lowest BCUT2D eigenvalue weighted by Crippen LogP contribution is -2.50. The Hall–Kier alpha value is -2.98. The summed E-state index contributed by atoms with van der Waals surface area (Å²) in [6.45, 7) is 0.499. The van der Waals surface area contributed by atoms with Crippen molar-refractivity contribution in [1.82, 2.24) is 19.1 Å². The number of aliphatic imine (C=N–C) groups is 1. The minimum Gasteiger partial charge on any atom is -0.330 e. The average molecular weight is 512 g/mol. The monoisotopic (exact) mass is 511 g/mol. The molecule has 2 amide bonds. The quantitative estimate of drug-likeness (QED) is 0.679. The maximum Gasteiger partial charge on any atom is 0.328 e. The molecule has 1 saturated carbocycles. The van der Waals surface area contributed by atoms with Crippen molar-refractivity contribution in [3.63, 3.8) is 0 Å². The second-order valence-corrected chi connectivity index (χ2v) is 12.0. The van der Waals surface area contributed by atoms with Crippen LogP contribution in [-0.4, -0.2) is 72.7 Å². The van der Waals surface area contributed by atoms with Gasteiger partial charge in [-0.2, -0.15) is 4.31 Å². The number of benzene rings is 1. The van der Waals surface area contributed by atoms with Crippen molar-refractivity contribution >= 4 is 44.8 Å². The standard InChI is InChI=1S/C26H33N5O4S/c1-29(2)25(33)31-15-11-21-19(9-6-10-22(21)31)12-18-36(34,35)30-16-13-26(14-17-30)24(32)27-23(28-26)20-7-4-3-5-8-20/h6,9-12,15,18,20H,3-5,7-8,13-14,16-17H2,1-2H3,(H,27,28,32)/b18-12+. The molecular weight excluding hydrogens is 478 g/mol. The third-order valence-electron chi connectivity index (χ3n) is 7.67. The van der Waals surface area contributed by atoms with Gasteiger partial charge in [-0.3, -0.25) is 14.4 Å². The minimum absolute atomic E-state index is 0.0841. The van der Waals surface area contributed by atoms with E-state index in [0.29, 0.717) is 29.8 Å². The first kappa shape index (κ1) is 24.7. The fourth-order valence-electron chi connectivity index (χ4n) is 5.53. The van der Waals surface area contributed by atoms with E-state index in [2.05, 4.69) is 5.32 Å². The first-order valence-electron chi connectivity index (χ1n) is 12.6. The van der Waals surface area contributed by atoms with Gasteiger partial charge in [0, 0.05) is 50.1 Å². The largest absolute Gasteiger partial charge is 0.330 e. The molecule has 2 aliphatic heterocycles. The van der Waals surface area contributed by atoms with Gasteiger partial charge in [0.1, 0.15) is 11.4 Å². The zero-order valence-corrected chi connectivity index (χ0v) is 21.6. The van der Waals surface area contributed by atoms with E-state index < -0.39 is 15.6 Å². The molecule has 0 bridgehead atoms. The summed E-state index contributed by atoms with van der Waals surface area (Å²) in [6, 6.07) is 7.11. The summed E-state index contributed by atoms with van der Waals surface area (Å²) in [5, 5.41) is 5.03. The van der Waals surface area contributed by atoms with Gasteiger partial charge in [-0.1, -0.05) is 31.4 Å². The number of nitrogens with zero attached hydrogens (tertiary/aromatic N) is 4. The lowest BCUT2D eigenvalue weighted by molar-refractivity contribution is -0.125. The molecule has 3 aliphatic rings. The lowest BCUT2D eigenvalue weighted by Gasteiger charge is -2.34. The second-order valence-electron chi connectivity index (χ2n) is 10.2. The van der Waals surface area contributed by atoms with E-state index in [1.165, 1.54) is 21.0 Å². The minimum atomic E-state index is -3.68. The van der Waals surface area contributed by atoms with Gasteiger partial charge in [0.2, 0.25) is 10.0 Å². The Kier molecular flexibility index (Phi) is 6.50. The third-order valence-corrected chi connectivity index (χ3v) is 9.24. The highest BCUT2D eigenvalue weighted by atomic mass is 32.2. The number of amidine groups is 1. The van der Waals surface area contributed by atoms with Crippen LogP contribution in [-0.2, 0) is 14.8 Å². The Labute approximate surface area is 211 Å². The van der Waals surface area contributed by atoms with Crippen molar-refractivity contribution in [3.8, 4) is 0 Å². The van der Waals surface area contributed by atoms with Crippen LogP contribution in [0.1, 0.15) is 50.5 Å². The summed E-state index contributed by atoms with van der Waals surface area (Å²) in [4.78, 5) is 31.6. The van der Waals surface area contributed by atoms with Crippen molar-refractivity contribution in [2.24, 2.45) is 10.9 Å². The lowest BCUT2D eigenvalue weighted by atomic mass is 9.88. The maximum atomic E-state index is 13.1. The summed E-state index contributed by atoms with van der Waals surface area (Å²) in [5.41, 5.74) is 0.592. The van der Waals surface area contributed by atoms with E-state index in [9.17, 15) is 18.0 Å². The molecule has 2 aromatic rings. The van der Waals surface area contributed by atoms with Gasteiger partial charge >= 0.3 is 6.03 Å². The second kappa shape index (κ2) is 9.48. The fourth-order valence-corrected chi connectivity index (χ4v) is 6.71. The SMILES string of the molecule is CN(C)C(=O)n1ccc2c(/C=C/S(=O)(=O)N3CCC4(CC3)N=C(C3CCCCC3)NC4=O)cccc21. The molecule has 0 atom stereocenters.